The molecule has 0 atom stereocenters. The molecule has 0 aliphatic heterocycles. The average Bonchev–Trinajstić information content (AvgIpc) is 2.46. The molecule has 0 saturated heterocycles. The van der Waals surface area contributed by atoms with E-state index in [2.05, 4.69) is 0 Å². The summed E-state index contributed by atoms with van der Waals surface area (Å²) in [6, 6.07) is 11.8. The van der Waals surface area contributed by atoms with Crippen LogP contribution in [0.4, 0.5) is 0 Å². The summed E-state index contributed by atoms with van der Waals surface area (Å²) in [6.07, 6.45) is 0. The highest BCUT2D eigenvalue weighted by molar-refractivity contribution is 6.10. The fourth-order valence-electron chi connectivity index (χ4n) is 2.12. The van der Waals surface area contributed by atoms with Crippen LogP contribution in [-0.4, -0.2) is 18.0 Å². The summed E-state index contributed by atoms with van der Waals surface area (Å²) >= 11 is 0. The number of rotatable bonds is 4. The minimum Gasteiger partial charge on any atom is -0.508 e. The third-order valence-electron chi connectivity index (χ3n) is 3.25. The highest BCUT2D eigenvalue weighted by Crippen LogP contribution is 2.27. The number of benzene rings is 2. The fraction of sp³-hybridized carbons (Fsp3) is 0.235. The van der Waals surface area contributed by atoms with E-state index in [1.54, 1.807) is 31.4 Å². The van der Waals surface area contributed by atoms with Crippen molar-refractivity contribution in [2.45, 2.75) is 19.8 Å². The number of ketones is 1. The van der Waals surface area contributed by atoms with E-state index in [-0.39, 0.29) is 17.5 Å². The number of phenols is 1. The van der Waals surface area contributed by atoms with Gasteiger partial charge in [-0.2, -0.15) is 0 Å². The number of methoxy groups -OCH3 is 1. The molecule has 20 heavy (non-hydrogen) atoms. The van der Waals surface area contributed by atoms with Gasteiger partial charge in [0.1, 0.15) is 11.5 Å². The zero-order valence-corrected chi connectivity index (χ0v) is 11.9. The second-order valence-corrected chi connectivity index (χ2v) is 4.98. The molecule has 0 aromatic heterocycles. The Hall–Kier alpha value is -2.29. The maximum absolute atomic E-state index is 12.6. The van der Waals surface area contributed by atoms with Crippen LogP contribution < -0.4 is 4.74 Å². The first-order valence-electron chi connectivity index (χ1n) is 6.54. The zero-order chi connectivity index (χ0) is 14.7. The van der Waals surface area contributed by atoms with E-state index in [4.69, 9.17) is 4.74 Å². The second kappa shape index (κ2) is 5.78. The molecule has 0 heterocycles. The lowest BCUT2D eigenvalue weighted by Crippen LogP contribution is -2.07. The lowest BCUT2D eigenvalue weighted by Gasteiger charge is -2.13. The van der Waals surface area contributed by atoms with Crippen LogP contribution in [0.1, 0.15) is 41.3 Å². The number of carbonyl (C=O) groups is 1. The number of phenolic OH excluding ortho intramolecular Hbond substituents is 1. The molecule has 3 heteroatoms. The van der Waals surface area contributed by atoms with Crippen molar-refractivity contribution in [3.63, 3.8) is 0 Å². The largest absolute Gasteiger partial charge is 0.508 e. The Balaban J connectivity index is 2.46. The van der Waals surface area contributed by atoms with Crippen molar-refractivity contribution in [2.75, 3.05) is 7.11 Å². The third kappa shape index (κ3) is 2.82. The molecular formula is C17H18O3. The van der Waals surface area contributed by atoms with Crippen LogP contribution in [0.15, 0.2) is 42.5 Å². The van der Waals surface area contributed by atoms with Crippen LogP contribution in [0.5, 0.6) is 11.5 Å². The Morgan fingerprint density at radius 2 is 1.75 bits per heavy atom. The maximum atomic E-state index is 12.6. The van der Waals surface area contributed by atoms with Gasteiger partial charge in [0, 0.05) is 11.1 Å². The van der Waals surface area contributed by atoms with Gasteiger partial charge >= 0.3 is 0 Å². The summed E-state index contributed by atoms with van der Waals surface area (Å²) in [5.74, 6) is 1.08. The molecule has 0 amide bonds. The third-order valence-corrected chi connectivity index (χ3v) is 3.25. The van der Waals surface area contributed by atoms with E-state index in [1.807, 2.05) is 19.9 Å². The lowest BCUT2D eigenvalue weighted by molar-refractivity contribution is 0.103. The van der Waals surface area contributed by atoms with E-state index < -0.39 is 0 Å². The van der Waals surface area contributed by atoms with Gasteiger partial charge in [0.15, 0.2) is 5.78 Å². The van der Waals surface area contributed by atoms with Crippen molar-refractivity contribution in [3.05, 3.63) is 59.2 Å². The fourth-order valence-corrected chi connectivity index (χ4v) is 2.12. The van der Waals surface area contributed by atoms with Crippen molar-refractivity contribution >= 4 is 5.78 Å². The zero-order valence-electron chi connectivity index (χ0n) is 11.9. The molecular weight excluding hydrogens is 252 g/mol. The van der Waals surface area contributed by atoms with E-state index in [0.717, 1.165) is 11.3 Å². The standard InChI is InChI=1S/C17H18O3/c1-11(2)16-10-14(20-3)8-9-15(16)17(19)12-4-6-13(18)7-5-12/h4-11,18H,1-3H3. The smallest absolute Gasteiger partial charge is 0.193 e. The minimum atomic E-state index is -0.0450. The molecule has 104 valence electrons. The number of hydrogen-bond acceptors (Lipinski definition) is 3. The summed E-state index contributed by atoms with van der Waals surface area (Å²) in [6.45, 7) is 4.09. The minimum absolute atomic E-state index is 0.0450. The normalized spacial score (nSPS) is 10.6. The Labute approximate surface area is 118 Å². The molecule has 0 unspecified atom stereocenters. The summed E-state index contributed by atoms with van der Waals surface area (Å²) in [5, 5.41) is 9.29. The molecule has 3 nitrogen and oxygen atoms in total. The second-order valence-electron chi connectivity index (χ2n) is 4.98. The van der Waals surface area contributed by atoms with Crippen LogP contribution in [-0.2, 0) is 0 Å². The van der Waals surface area contributed by atoms with Crippen LogP contribution in [0.3, 0.4) is 0 Å². The van der Waals surface area contributed by atoms with Gasteiger partial charge in [-0.05, 0) is 53.9 Å². The summed E-state index contributed by atoms with van der Waals surface area (Å²) < 4.78 is 5.22. The Morgan fingerprint density at radius 1 is 1.10 bits per heavy atom. The van der Waals surface area contributed by atoms with E-state index >= 15 is 0 Å². The monoisotopic (exact) mass is 270 g/mol. The molecule has 0 aliphatic rings. The molecule has 0 bridgehead atoms. The predicted octanol–water partition coefficient (Wildman–Crippen LogP) is 3.76. The average molecular weight is 270 g/mol. The first kappa shape index (κ1) is 14.1. The number of carbonyl (C=O) groups excluding carboxylic acids is 1. The van der Waals surface area contributed by atoms with E-state index in [9.17, 15) is 9.90 Å². The van der Waals surface area contributed by atoms with Gasteiger partial charge in [-0.25, -0.2) is 0 Å². The van der Waals surface area contributed by atoms with Crippen molar-refractivity contribution in [1.29, 1.82) is 0 Å². The molecule has 0 radical (unpaired) electrons. The highest BCUT2D eigenvalue weighted by Gasteiger charge is 2.16. The first-order valence-corrected chi connectivity index (χ1v) is 6.54. The van der Waals surface area contributed by atoms with Crippen LogP contribution >= 0.6 is 0 Å². The highest BCUT2D eigenvalue weighted by atomic mass is 16.5. The number of aromatic hydroxyl groups is 1. The van der Waals surface area contributed by atoms with Crippen molar-refractivity contribution < 1.29 is 14.6 Å². The summed E-state index contributed by atoms with van der Waals surface area (Å²) in [5.41, 5.74) is 2.20. The molecule has 2 aromatic carbocycles. The van der Waals surface area contributed by atoms with Gasteiger partial charge in [-0.3, -0.25) is 4.79 Å². The summed E-state index contributed by atoms with van der Waals surface area (Å²) in [7, 11) is 1.61. The molecule has 1 N–H and O–H groups in total. The van der Waals surface area contributed by atoms with Crippen molar-refractivity contribution in [3.8, 4) is 11.5 Å². The SMILES string of the molecule is COc1ccc(C(=O)c2ccc(O)cc2)c(C(C)C)c1. The van der Waals surface area contributed by atoms with Gasteiger partial charge in [0.2, 0.25) is 0 Å². The van der Waals surface area contributed by atoms with Gasteiger partial charge in [0.05, 0.1) is 7.11 Å². The molecule has 2 aromatic rings. The van der Waals surface area contributed by atoms with Crippen molar-refractivity contribution in [2.24, 2.45) is 0 Å². The Bertz CT molecular complexity index is 613. The topological polar surface area (TPSA) is 46.5 Å². The van der Waals surface area contributed by atoms with Crippen LogP contribution in [0.2, 0.25) is 0 Å². The van der Waals surface area contributed by atoms with E-state index in [0.29, 0.717) is 11.1 Å². The van der Waals surface area contributed by atoms with Crippen molar-refractivity contribution in [1.82, 2.24) is 0 Å². The molecule has 0 aliphatic carbocycles. The summed E-state index contributed by atoms with van der Waals surface area (Å²) in [4.78, 5) is 12.6. The predicted molar refractivity (Wildman–Crippen MR) is 78.6 cm³/mol. The van der Waals surface area contributed by atoms with Crippen LogP contribution in [0, 0.1) is 0 Å². The van der Waals surface area contributed by atoms with Gasteiger partial charge < -0.3 is 9.84 Å². The lowest BCUT2D eigenvalue weighted by atomic mass is 9.92. The van der Waals surface area contributed by atoms with E-state index in [1.165, 1.54) is 12.1 Å². The quantitative estimate of drug-likeness (QED) is 0.860. The first-order chi connectivity index (χ1) is 9.52. The number of hydrogen-bond donors (Lipinski definition) is 1. The van der Waals surface area contributed by atoms with Gasteiger partial charge in [-0.1, -0.05) is 13.8 Å². The van der Waals surface area contributed by atoms with Crippen LogP contribution in [0.25, 0.3) is 0 Å². The molecule has 0 spiro atoms. The molecule has 0 saturated carbocycles. The maximum Gasteiger partial charge on any atom is 0.193 e. The molecule has 0 fully saturated rings. The number of ether oxygens (including phenoxy) is 1. The van der Waals surface area contributed by atoms with Gasteiger partial charge in [-0.15, -0.1) is 0 Å². The Morgan fingerprint density at radius 3 is 2.30 bits per heavy atom. The molecule has 2 rings (SSSR count). The van der Waals surface area contributed by atoms with Gasteiger partial charge in [0.25, 0.3) is 0 Å². The Kier molecular flexibility index (Phi) is 4.08.